The number of amides is 1. The van der Waals surface area contributed by atoms with Crippen LogP contribution in [0.2, 0.25) is 5.02 Å². The van der Waals surface area contributed by atoms with Crippen LogP contribution >= 0.6 is 11.6 Å². The number of carbonyl (C=O) groups is 1. The molecule has 0 fully saturated rings. The van der Waals surface area contributed by atoms with Gasteiger partial charge in [0.15, 0.2) is 0 Å². The lowest BCUT2D eigenvalue weighted by Gasteiger charge is -2.05. The zero-order chi connectivity index (χ0) is 14.5. The van der Waals surface area contributed by atoms with E-state index in [4.69, 9.17) is 16.4 Å². The second-order valence-corrected chi connectivity index (χ2v) is 4.42. The van der Waals surface area contributed by atoms with Gasteiger partial charge in [0, 0.05) is 10.7 Å². The van der Waals surface area contributed by atoms with E-state index in [-0.39, 0.29) is 5.56 Å². The fourth-order valence-electron chi connectivity index (χ4n) is 1.64. The summed E-state index contributed by atoms with van der Waals surface area (Å²) in [6, 6.07) is 10.1. The summed E-state index contributed by atoms with van der Waals surface area (Å²) in [7, 11) is 0. The Hall–Kier alpha value is -2.11. The molecule has 0 atom stereocenters. The molecule has 0 radical (unpaired) electrons. The molecule has 2 aromatic rings. The van der Waals surface area contributed by atoms with Crippen LogP contribution in [0, 0.1) is 0 Å². The molecule has 1 aromatic carbocycles. The maximum atomic E-state index is 11.9. The molecule has 0 aliphatic rings. The second-order valence-electron chi connectivity index (χ2n) is 3.99. The molecule has 104 valence electrons. The summed E-state index contributed by atoms with van der Waals surface area (Å²) in [4.78, 5) is 30.9. The SMILES string of the molecule is CCONC(=O)c1ccc(-c2ccc(Cl)cc2)[nH]c1=O. The van der Waals surface area contributed by atoms with Gasteiger partial charge in [0.05, 0.1) is 6.61 Å². The van der Waals surface area contributed by atoms with E-state index in [0.29, 0.717) is 17.3 Å². The molecule has 1 aromatic heterocycles. The first-order valence-corrected chi connectivity index (χ1v) is 6.41. The Morgan fingerprint density at radius 3 is 2.55 bits per heavy atom. The highest BCUT2D eigenvalue weighted by molar-refractivity contribution is 6.30. The molecule has 0 saturated carbocycles. The maximum absolute atomic E-state index is 11.9. The van der Waals surface area contributed by atoms with E-state index < -0.39 is 11.5 Å². The van der Waals surface area contributed by atoms with Crippen molar-refractivity contribution in [3.63, 3.8) is 0 Å². The predicted octanol–water partition coefficient (Wildman–Crippen LogP) is 2.38. The molecule has 6 heteroatoms. The Bertz CT molecular complexity index is 665. The first-order chi connectivity index (χ1) is 9.61. The van der Waals surface area contributed by atoms with E-state index in [9.17, 15) is 9.59 Å². The Morgan fingerprint density at radius 2 is 1.95 bits per heavy atom. The minimum absolute atomic E-state index is 0.00355. The van der Waals surface area contributed by atoms with Gasteiger partial charge >= 0.3 is 0 Å². The van der Waals surface area contributed by atoms with Gasteiger partial charge in [-0.3, -0.25) is 14.4 Å². The van der Waals surface area contributed by atoms with Gasteiger partial charge in [-0.1, -0.05) is 23.7 Å². The number of hydrogen-bond donors (Lipinski definition) is 2. The largest absolute Gasteiger partial charge is 0.321 e. The summed E-state index contributed by atoms with van der Waals surface area (Å²) in [6.07, 6.45) is 0. The van der Waals surface area contributed by atoms with E-state index in [2.05, 4.69) is 10.5 Å². The number of aromatic amines is 1. The van der Waals surface area contributed by atoms with Gasteiger partial charge in [-0.05, 0) is 36.8 Å². The number of H-pyrrole nitrogens is 1. The van der Waals surface area contributed by atoms with Crippen LogP contribution in [-0.2, 0) is 4.84 Å². The molecule has 2 rings (SSSR count). The van der Waals surface area contributed by atoms with E-state index in [1.165, 1.54) is 6.07 Å². The Labute approximate surface area is 120 Å². The van der Waals surface area contributed by atoms with Gasteiger partial charge in [-0.2, -0.15) is 0 Å². The molecule has 0 aliphatic carbocycles. The zero-order valence-corrected chi connectivity index (χ0v) is 11.5. The maximum Gasteiger partial charge on any atom is 0.280 e. The Morgan fingerprint density at radius 1 is 1.25 bits per heavy atom. The van der Waals surface area contributed by atoms with Crippen molar-refractivity contribution in [3.05, 3.63) is 57.3 Å². The average molecular weight is 293 g/mol. The van der Waals surface area contributed by atoms with E-state index >= 15 is 0 Å². The molecule has 1 amide bonds. The number of hydrogen-bond acceptors (Lipinski definition) is 3. The van der Waals surface area contributed by atoms with Crippen LogP contribution in [0.4, 0.5) is 0 Å². The smallest absolute Gasteiger partial charge is 0.280 e. The summed E-state index contributed by atoms with van der Waals surface area (Å²) < 4.78 is 0. The third-order valence-electron chi connectivity index (χ3n) is 2.62. The highest BCUT2D eigenvalue weighted by Crippen LogP contribution is 2.18. The van der Waals surface area contributed by atoms with Gasteiger partial charge in [0.1, 0.15) is 5.56 Å². The highest BCUT2D eigenvalue weighted by atomic mass is 35.5. The summed E-state index contributed by atoms with van der Waals surface area (Å²) in [6.45, 7) is 2.06. The van der Waals surface area contributed by atoms with E-state index in [1.54, 1.807) is 37.3 Å². The third-order valence-corrected chi connectivity index (χ3v) is 2.87. The lowest BCUT2D eigenvalue weighted by molar-refractivity contribution is 0.0363. The summed E-state index contributed by atoms with van der Waals surface area (Å²) in [5, 5.41) is 0.615. The third kappa shape index (κ3) is 3.26. The second kappa shape index (κ2) is 6.36. The molecule has 0 saturated heterocycles. The minimum Gasteiger partial charge on any atom is -0.321 e. The number of benzene rings is 1. The number of pyridine rings is 1. The van der Waals surface area contributed by atoms with Crippen molar-refractivity contribution < 1.29 is 9.63 Å². The van der Waals surface area contributed by atoms with Crippen molar-refractivity contribution in [1.82, 2.24) is 10.5 Å². The van der Waals surface area contributed by atoms with Crippen LogP contribution in [0.3, 0.4) is 0 Å². The fourth-order valence-corrected chi connectivity index (χ4v) is 1.77. The molecule has 0 unspecified atom stereocenters. The van der Waals surface area contributed by atoms with Gasteiger partial charge in [-0.25, -0.2) is 5.48 Å². The van der Waals surface area contributed by atoms with Crippen LogP contribution in [0.5, 0.6) is 0 Å². The monoisotopic (exact) mass is 292 g/mol. The Kier molecular flexibility index (Phi) is 4.55. The van der Waals surface area contributed by atoms with E-state index in [0.717, 1.165) is 5.56 Å². The quantitative estimate of drug-likeness (QED) is 0.850. The van der Waals surface area contributed by atoms with E-state index in [1.807, 2.05) is 0 Å². The van der Waals surface area contributed by atoms with Crippen LogP contribution in [0.15, 0.2) is 41.2 Å². The van der Waals surface area contributed by atoms with Crippen molar-refractivity contribution in [1.29, 1.82) is 0 Å². The molecule has 1 heterocycles. The summed E-state index contributed by atoms with van der Waals surface area (Å²) >= 11 is 5.81. The van der Waals surface area contributed by atoms with Crippen LogP contribution in [0.1, 0.15) is 17.3 Å². The fraction of sp³-hybridized carbons (Fsp3) is 0.143. The first-order valence-electron chi connectivity index (χ1n) is 6.03. The number of nitrogens with one attached hydrogen (secondary N) is 2. The number of carbonyl (C=O) groups excluding carboxylic acids is 1. The lowest BCUT2D eigenvalue weighted by atomic mass is 10.1. The van der Waals surface area contributed by atoms with Gasteiger partial charge in [0.25, 0.3) is 11.5 Å². The average Bonchev–Trinajstić information content (AvgIpc) is 2.45. The molecular formula is C14H13ClN2O3. The molecule has 20 heavy (non-hydrogen) atoms. The molecule has 2 N–H and O–H groups in total. The van der Waals surface area contributed by atoms with Crippen molar-refractivity contribution in [3.8, 4) is 11.3 Å². The topological polar surface area (TPSA) is 71.2 Å². The van der Waals surface area contributed by atoms with Crippen molar-refractivity contribution in [2.45, 2.75) is 6.92 Å². The molecular weight excluding hydrogens is 280 g/mol. The summed E-state index contributed by atoms with van der Waals surface area (Å²) in [5.74, 6) is -0.573. The molecule has 0 spiro atoms. The lowest BCUT2D eigenvalue weighted by Crippen LogP contribution is -2.29. The molecule has 0 aliphatic heterocycles. The number of rotatable bonds is 4. The van der Waals surface area contributed by atoms with Gasteiger partial charge in [-0.15, -0.1) is 0 Å². The zero-order valence-electron chi connectivity index (χ0n) is 10.8. The standard InChI is InChI=1S/C14H13ClN2O3/c1-2-20-17-14(19)11-7-8-12(16-13(11)18)9-3-5-10(15)6-4-9/h3-8H,2H2,1H3,(H,16,18)(H,17,19). The normalized spacial score (nSPS) is 10.3. The van der Waals surface area contributed by atoms with Crippen LogP contribution in [0.25, 0.3) is 11.3 Å². The summed E-state index contributed by atoms with van der Waals surface area (Å²) in [5.41, 5.74) is 3.12. The van der Waals surface area contributed by atoms with Gasteiger partial charge in [0.2, 0.25) is 0 Å². The number of halogens is 1. The van der Waals surface area contributed by atoms with Crippen LogP contribution < -0.4 is 11.0 Å². The number of hydroxylamine groups is 1. The molecule has 0 bridgehead atoms. The van der Waals surface area contributed by atoms with Crippen molar-refractivity contribution >= 4 is 17.5 Å². The molecule has 5 nitrogen and oxygen atoms in total. The van der Waals surface area contributed by atoms with Crippen molar-refractivity contribution in [2.24, 2.45) is 0 Å². The number of aromatic nitrogens is 1. The van der Waals surface area contributed by atoms with Crippen LogP contribution in [-0.4, -0.2) is 17.5 Å². The first kappa shape index (κ1) is 14.3. The minimum atomic E-state index is -0.573. The predicted molar refractivity (Wildman–Crippen MR) is 76.6 cm³/mol. The highest BCUT2D eigenvalue weighted by Gasteiger charge is 2.11. The van der Waals surface area contributed by atoms with Gasteiger partial charge < -0.3 is 4.98 Å². The van der Waals surface area contributed by atoms with Crippen molar-refractivity contribution in [2.75, 3.05) is 6.61 Å². The Balaban J connectivity index is 2.28.